The van der Waals surface area contributed by atoms with Crippen molar-refractivity contribution in [2.75, 3.05) is 6.61 Å². The van der Waals surface area contributed by atoms with Gasteiger partial charge in [-0.3, -0.25) is 4.79 Å². The van der Waals surface area contributed by atoms with Crippen LogP contribution in [-0.2, 0) is 23.3 Å². The summed E-state index contributed by atoms with van der Waals surface area (Å²) in [6.45, 7) is 8.36. The van der Waals surface area contributed by atoms with E-state index in [0.717, 1.165) is 16.9 Å². The van der Waals surface area contributed by atoms with E-state index in [1.54, 1.807) is 0 Å². The molecular formula is C28H33NO2. The van der Waals surface area contributed by atoms with Crippen molar-refractivity contribution in [1.82, 2.24) is 4.90 Å². The molecule has 0 heterocycles. The summed E-state index contributed by atoms with van der Waals surface area (Å²) in [7, 11) is 0. The van der Waals surface area contributed by atoms with Crippen molar-refractivity contribution in [3.8, 4) is 5.75 Å². The minimum atomic E-state index is 0.131. The number of carbonyl (C=O) groups is 1. The molecule has 3 aromatic rings. The zero-order valence-electron chi connectivity index (χ0n) is 18.9. The van der Waals surface area contributed by atoms with Crippen molar-refractivity contribution in [3.63, 3.8) is 0 Å². The molecule has 3 nitrogen and oxygen atoms in total. The second-order valence-corrected chi connectivity index (χ2v) is 8.95. The number of amides is 1. The lowest BCUT2D eigenvalue weighted by atomic mass is 9.87. The molecule has 3 rings (SSSR count). The monoisotopic (exact) mass is 415 g/mol. The van der Waals surface area contributed by atoms with Gasteiger partial charge in [0.05, 0.1) is 6.61 Å². The van der Waals surface area contributed by atoms with E-state index in [0.29, 0.717) is 32.5 Å². The Labute approximate surface area is 186 Å². The van der Waals surface area contributed by atoms with E-state index in [4.69, 9.17) is 4.74 Å². The summed E-state index contributed by atoms with van der Waals surface area (Å²) < 4.78 is 5.87. The molecule has 0 aromatic heterocycles. The van der Waals surface area contributed by atoms with E-state index in [9.17, 15) is 4.79 Å². The van der Waals surface area contributed by atoms with Crippen molar-refractivity contribution in [1.29, 1.82) is 0 Å². The third-order valence-corrected chi connectivity index (χ3v) is 5.31. The lowest BCUT2D eigenvalue weighted by Crippen LogP contribution is -2.30. The molecule has 0 unspecified atom stereocenters. The minimum Gasteiger partial charge on any atom is -0.494 e. The molecule has 31 heavy (non-hydrogen) atoms. The fourth-order valence-corrected chi connectivity index (χ4v) is 3.46. The molecular weight excluding hydrogens is 382 g/mol. The molecule has 0 fully saturated rings. The number of hydrogen-bond acceptors (Lipinski definition) is 2. The van der Waals surface area contributed by atoms with E-state index in [1.807, 2.05) is 53.4 Å². The smallest absolute Gasteiger partial charge is 0.223 e. The topological polar surface area (TPSA) is 29.5 Å². The summed E-state index contributed by atoms with van der Waals surface area (Å²) in [5.74, 6) is 1.00. The molecule has 0 saturated carbocycles. The van der Waals surface area contributed by atoms with Gasteiger partial charge in [-0.15, -0.1) is 0 Å². The van der Waals surface area contributed by atoms with Crippen molar-refractivity contribution >= 4 is 5.91 Å². The van der Waals surface area contributed by atoms with Crippen LogP contribution in [0.25, 0.3) is 0 Å². The molecule has 0 atom stereocenters. The Kier molecular flexibility index (Phi) is 7.88. The maximum Gasteiger partial charge on any atom is 0.223 e. The van der Waals surface area contributed by atoms with Gasteiger partial charge in [0.25, 0.3) is 0 Å². The van der Waals surface area contributed by atoms with Crippen LogP contribution in [0, 0.1) is 0 Å². The van der Waals surface area contributed by atoms with Crippen molar-refractivity contribution in [2.24, 2.45) is 0 Å². The van der Waals surface area contributed by atoms with Gasteiger partial charge >= 0.3 is 0 Å². The average Bonchev–Trinajstić information content (AvgIpc) is 2.77. The highest BCUT2D eigenvalue weighted by molar-refractivity contribution is 5.76. The first kappa shape index (κ1) is 22.6. The number of benzene rings is 3. The van der Waals surface area contributed by atoms with Gasteiger partial charge in [-0.25, -0.2) is 0 Å². The van der Waals surface area contributed by atoms with Crippen LogP contribution in [0.5, 0.6) is 5.75 Å². The predicted octanol–water partition coefficient (Wildman–Crippen LogP) is 6.37. The van der Waals surface area contributed by atoms with E-state index in [1.165, 1.54) is 5.56 Å². The number of nitrogens with zero attached hydrogens (tertiary/aromatic N) is 1. The molecule has 0 saturated heterocycles. The molecule has 0 aliphatic heterocycles. The van der Waals surface area contributed by atoms with Gasteiger partial charge in [0, 0.05) is 19.5 Å². The fraction of sp³-hybridized carbons (Fsp3) is 0.321. The minimum absolute atomic E-state index is 0.131. The van der Waals surface area contributed by atoms with Gasteiger partial charge < -0.3 is 9.64 Å². The normalized spacial score (nSPS) is 11.2. The summed E-state index contributed by atoms with van der Waals surface area (Å²) >= 11 is 0. The van der Waals surface area contributed by atoms with Crippen LogP contribution in [0.1, 0.15) is 50.3 Å². The van der Waals surface area contributed by atoms with Crippen LogP contribution < -0.4 is 4.74 Å². The Morgan fingerprint density at radius 3 is 1.77 bits per heavy atom. The highest BCUT2D eigenvalue weighted by Gasteiger charge is 2.15. The van der Waals surface area contributed by atoms with Crippen LogP contribution in [0.15, 0.2) is 84.9 Å². The van der Waals surface area contributed by atoms with Crippen molar-refractivity contribution in [3.05, 3.63) is 102 Å². The SMILES string of the molecule is CC(C)(C)c1ccc(OCCCC(=O)N(Cc2ccccc2)Cc2ccccc2)cc1. The molecule has 0 spiro atoms. The Bertz CT molecular complexity index is 887. The lowest BCUT2D eigenvalue weighted by Gasteiger charge is -2.23. The fourth-order valence-electron chi connectivity index (χ4n) is 3.46. The lowest BCUT2D eigenvalue weighted by molar-refractivity contribution is -0.132. The molecule has 0 radical (unpaired) electrons. The standard InChI is InChI=1S/C28H33NO2/c1-28(2,3)25-16-18-26(19-17-25)31-20-10-15-27(30)29(21-23-11-6-4-7-12-23)22-24-13-8-5-9-14-24/h4-9,11-14,16-19H,10,15,20-22H2,1-3H3. The van der Waals surface area contributed by atoms with Gasteiger partial charge in [0.2, 0.25) is 5.91 Å². The van der Waals surface area contributed by atoms with Gasteiger partial charge in [-0.2, -0.15) is 0 Å². The quantitative estimate of drug-likeness (QED) is 0.380. The number of ether oxygens (including phenoxy) is 1. The predicted molar refractivity (Wildman–Crippen MR) is 127 cm³/mol. The summed E-state index contributed by atoms with van der Waals surface area (Å²) in [5, 5.41) is 0. The zero-order chi connectivity index (χ0) is 22.1. The van der Waals surface area contributed by atoms with Crippen LogP contribution >= 0.6 is 0 Å². The van der Waals surface area contributed by atoms with Crippen molar-refractivity contribution in [2.45, 2.75) is 52.1 Å². The molecule has 1 amide bonds. The van der Waals surface area contributed by atoms with Crippen LogP contribution in [0.3, 0.4) is 0 Å². The number of hydrogen-bond donors (Lipinski definition) is 0. The first-order chi connectivity index (χ1) is 14.9. The molecule has 162 valence electrons. The van der Waals surface area contributed by atoms with E-state index < -0.39 is 0 Å². The summed E-state index contributed by atoms with van der Waals surface area (Å²) in [6.07, 6.45) is 1.17. The van der Waals surface area contributed by atoms with Gasteiger partial charge in [0.15, 0.2) is 0 Å². The average molecular weight is 416 g/mol. The van der Waals surface area contributed by atoms with Crippen molar-refractivity contribution < 1.29 is 9.53 Å². The van der Waals surface area contributed by atoms with Crippen LogP contribution in [0.4, 0.5) is 0 Å². The Balaban J connectivity index is 1.53. The molecule has 0 aliphatic rings. The highest BCUT2D eigenvalue weighted by Crippen LogP contribution is 2.24. The number of rotatable bonds is 9. The molecule has 3 aromatic carbocycles. The second kappa shape index (κ2) is 10.8. The van der Waals surface area contributed by atoms with Crippen LogP contribution in [0.2, 0.25) is 0 Å². The van der Waals surface area contributed by atoms with Crippen LogP contribution in [-0.4, -0.2) is 17.4 Å². The number of carbonyl (C=O) groups excluding carboxylic acids is 1. The Morgan fingerprint density at radius 2 is 1.29 bits per heavy atom. The molecule has 3 heteroatoms. The third kappa shape index (κ3) is 7.29. The Hall–Kier alpha value is -3.07. The summed E-state index contributed by atoms with van der Waals surface area (Å²) in [6, 6.07) is 28.6. The van der Waals surface area contributed by atoms with Gasteiger partial charge in [-0.05, 0) is 40.7 Å². The van der Waals surface area contributed by atoms with E-state index in [-0.39, 0.29) is 11.3 Å². The second-order valence-electron chi connectivity index (χ2n) is 8.95. The largest absolute Gasteiger partial charge is 0.494 e. The first-order valence-corrected chi connectivity index (χ1v) is 11.0. The maximum atomic E-state index is 13.0. The molecule has 0 bridgehead atoms. The third-order valence-electron chi connectivity index (χ3n) is 5.31. The summed E-state index contributed by atoms with van der Waals surface area (Å²) in [5.41, 5.74) is 3.70. The zero-order valence-corrected chi connectivity index (χ0v) is 18.9. The highest BCUT2D eigenvalue weighted by atomic mass is 16.5. The Morgan fingerprint density at radius 1 is 0.774 bits per heavy atom. The van der Waals surface area contributed by atoms with E-state index in [2.05, 4.69) is 57.2 Å². The maximum absolute atomic E-state index is 13.0. The van der Waals surface area contributed by atoms with Gasteiger partial charge in [-0.1, -0.05) is 93.6 Å². The molecule has 0 N–H and O–H groups in total. The first-order valence-electron chi connectivity index (χ1n) is 11.0. The molecule has 0 aliphatic carbocycles. The van der Waals surface area contributed by atoms with Gasteiger partial charge in [0.1, 0.15) is 5.75 Å². The summed E-state index contributed by atoms with van der Waals surface area (Å²) in [4.78, 5) is 14.9. The van der Waals surface area contributed by atoms with E-state index >= 15 is 0 Å².